The minimum atomic E-state index is -0.428. The van der Waals surface area contributed by atoms with Crippen LogP contribution in [0.4, 0.5) is 4.39 Å². The van der Waals surface area contributed by atoms with Crippen LogP contribution >= 0.6 is 0 Å². The molecule has 2 aromatic rings. The van der Waals surface area contributed by atoms with Gasteiger partial charge in [-0.2, -0.15) is 0 Å². The van der Waals surface area contributed by atoms with Crippen molar-refractivity contribution in [1.29, 1.82) is 0 Å². The number of amides is 1. The van der Waals surface area contributed by atoms with Crippen LogP contribution in [-0.2, 0) is 16.6 Å². The quantitative estimate of drug-likeness (QED) is 0.541. The number of benzene rings is 1. The average Bonchev–Trinajstić information content (AvgIpc) is 3.14. The molecule has 0 radical (unpaired) electrons. The fourth-order valence-electron chi connectivity index (χ4n) is 3.71. The first-order chi connectivity index (χ1) is 14.0. The van der Waals surface area contributed by atoms with E-state index in [2.05, 4.69) is 0 Å². The number of carbonyl (C=O) groups excluding carboxylic acids is 2. The molecule has 0 bridgehead atoms. The van der Waals surface area contributed by atoms with Gasteiger partial charge in [0, 0.05) is 38.3 Å². The summed E-state index contributed by atoms with van der Waals surface area (Å²) in [5.74, 6) is -0.713. The molecule has 6 heteroatoms. The van der Waals surface area contributed by atoms with Crippen molar-refractivity contribution in [1.82, 2.24) is 9.47 Å². The van der Waals surface area contributed by atoms with Gasteiger partial charge in [0.15, 0.2) is 0 Å². The highest BCUT2D eigenvalue weighted by atomic mass is 19.1. The summed E-state index contributed by atoms with van der Waals surface area (Å²) < 4.78 is 20.2. The van der Waals surface area contributed by atoms with Crippen molar-refractivity contribution in [3.8, 4) is 0 Å². The topological polar surface area (TPSA) is 51.5 Å². The van der Waals surface area contributed by atoms with E-state index in [-0.39, 0.29) is 24.4 Å². The Labute approximate surface area is 170 Å². The van der Waals surface area contributed by atoms with Gasteiger partial charge in [0.2, 0.25) is 0 Å². The molecular weight excluding hydrogens is 371 g/mol. The number of allylic oxidation sites excluding steroid dienone is 1. The molecule has 1 amide bonds. The largest absolute Gasteiger partial charge is 0.462 e. The molecule has 1 aliphatic heterocycles. The molecule has 0 spiro atoms. The van der Waals surface area contributed by atoms with E-state index in [9.17, 15) is 14.0 Å². The summed E-state index contributed by atoms with van der Waals surface area (Å²) in [6, 6.07) is 9.74. The maximum atomic E-state index is 13.0. The Morgan fingerprint density at radius 3 is 2.66 bits per heavy atom. The normalized spacial score (nSPS) is 17.3. The smallest absolute Gasteiger partial charge is 0.331 e. The summed E-state index contributed by atoms with van der Waals surface area (Å²) in [6.45, 7) is 2.77. The molecule has 1 atom stereocenters. The number of nitrogens with zero attached hydrogens (tertiary/aromatic N) is 2. The maximum absolute atomic E-state index is 13.0. The molecule has 5 nitrogen and oxygen atoms in total. The summed E-state index contributed by atoms with van der Waals surface area (Å²) in [5.41, 5.74) is 2.16. The van der Waals surface area contributed by atoms with Crippen molar-refractivity contribution in [2.24, 2.45) is 7.05 Å². The third-order valence-electron chi connectivity index (χ3n) is 5.38. The molecule has 1 aromatic heterocycles. The van der Waals surface area contributed by atoms with Crippen LogP contribution in [-0.4, -0.2) is 40.5 Å². The molecule has 1 unspecified atom stereocenters. The van der Waals surface area contributed by atoms with Crippen molar-refractivity contribution in [3.63, 3.8) is 0 Å². The van der Waals surface area contributed by atoms with Gasteiger partial charge in [-0.05, 0) is 61.6 Å². The third kappa shape index (κ3) is 5.34. The van der Waals surface area contributed by atoms with Gasteiger partial charge in [-0.25, -0.2) is 9.18 Å². The number of aryl methyl sites for hydroxylation is 1. The van der Waals surface area contributed by atoms with Gasteiger partial charge in [0.1, 0.15) is 11.5 Å². The second-order valence-corrected chi connectivity index (χ2v) is 7.44. The minimum absolute atomic E-state index is 0.0283. The molecule has 1 fully saturated rings. The van der Waals surface area contributed by atoms with Crippen molar-refractivity contribution in [2.75, 3.05) is 13.2 Å². The fraction of sp³-hybridized carbons (Fsp3) is 0.391. The lowest BCUT2D eigenvalue weighted by molar-refractivity contribution is -0.138. The molecule has 2 heterocycles. The molecule has 0 N–H and O–H groups in total. The Morgan fingerprint density at radius 1 is 1.21 bits per heavy atom. The minimum Gasteiger partial charge on any atom is -0.462 e. The van der Waals surface area contributed by atoms with E-state index >= 15 is 0 Å². The summed E-state index contributed by atoms with van der Waals surface area (Å²) in [7, 11) is 1.86. The van der Waals surface area contributed by atoms with Crippen LogP contribution in [0.3, 0.4) is 0 Å². The Bertz CT molecular complexity index is 886. The van der Waals surface area contributed by atoms with E-state index in [1.54, 1.807) is 19.1 Å². The molecule has 1 aromatic carbocycles. The number of piperidine rings is 1. The van der Waals surface area contributed by atoms with Gasteiger partial charge in [-0.15, -0.1) is 0 Å². The first-order valence-corrected chi connectivity index (χ1v) is 9.99. The van der Waals surface area contributed by atoms with Crippen LogP contribution in [0, 0.1) is 5.82 Å². The lowest BCUT2D eigenvalue weighted by Crippen LogP contribution is -2.44. The molecule has 1 aliphatic rings. The number of likely N-dealkylation sites (tertiary alicyclic amines) is 1. The standard InChI is InChI=1S/C23H27FN2O3/c1-17(18-8-10-19(24)11-9-18)16-22(27)29-15-12-20-6-3-4-14-26(20)23(28)21-7-5-13-25(21)2/h5,7-11,13,16,20H,3-4,6,12,14-15H2,1-2H3/b17-16-. The maximum Gasteiger partial charge on any atom is 0.331 e. The zero-order chi connectivity index (χ0) is 20.8. The highest BCUT2D eigenvalue weighted by molar-refractivity contribution is 5.93. The van der Waals surface area contributed by atoms with Crippen LogP contribution in [0.5, 0.6) is 0 Å². The van der Waals surface area contributed by atoms with E-state index in [0.29, 0.717) is 17.7 Å². The van der Waals surface area contributed by atoms with Gasteiger partial charge >= 0.3 is 5.97 Å². The van der Waals surface area contributed by atoms with Crippen LogP contribution < -0.4 is 0 Å². The summed E-state index contributed by atoms with van der Waals surface area (Å²) in [5, 5.41) is 0. The van der Waals surface area contributed by atoms with E-state index in [0.717, 1.165) is 31.4 Å². The highest BCUT2D eigenvalue weighted by Crippen LogP contribution is 2.22. The van der Waals surface area contributed by atoms with Gasteiger partial charge in [0.25, 0.3) is 5.91 Å². The summed E-state index contributed by atoms with van der Waals surface area (Å²) in [4.78, 5) is 26.9. The number of hydrogen-bond donors (Lipinski definition) is 0. The second kappa shape index (κ2) is 9.54. The monoisotopic (exact) mass is 398 g/mol. The number of esters is 1. The van der Waals surface area contributed by atoms with Crippen LogP contribution in [0.2, 0.25) is 0 Å². The van der Waals surface area contributed by atoms with Crippen LogP contribution in [0.25, 0.3) is 5.57 Å². The van der Waals surface area contributed by atoms with Crippen LogP contribution in [0.1, 0.15) is 48.7 Å². The fourth-order valence-corrected chi connectivity index (χ4v) is 3.71. The zero-order valence-corrected chi connectivity index (χ0v) is 16.9. The van der Waals surface area contributed by atoms with Crippen molar-refractivity contribution >= 4 is 17.4 Å². The van der Waals surface area contributed by atoms with E-state index in [1.807, 2.05) is 34.8 Å². The summed E-state index contributed by atoms with van der Waals surface area (Å²) in [6.07, 6.45) is 6.87. The van der Waals surface area contributed by atoms with E-state index in [4.69, 9.17) is 4.74 Å². The van der Waals surface area contributed by atoms with Crippen molar-refractivity contribution in [2.45, 2.75) is 38.6 Å². The third-order valence-corrected chi connectivity index (χ3v) is 5.38. The number of hydrogen-bond acceptors (Lipinski definition) is 3. The predicted octanol–water partition coefficient (Wildman–Crippen LogP) is 4.20. The second-order valence-electron chi connectivity index (χ2n) is 7.44. The molecular formula is C23H27FN2O3. The predicted molar refractivity (Wildman–Crippen MR) is 110 cm³/mol. The number of aromatic nitrogens is 1. The Kier molecular flexibility index (Phi) is 6.86. The molecule has 0 aliphatic carbocycles. The molecule has 154 valence electrons. The average molecular weight is 398 g/mol. The number of ether oxygens (including phenoxy) is 1. The van der Waals surface area contributed by atoms with Gasteiger partial charge in [-0.3, -0.25) is 4.79 Å². The Morgan fingerprint density at radius 2 is 1.97 bits per heavy atom. The Balaban J connectivity index is 1.54. The molecule has 29 heavy (non-hydrogen) atoms. The van der Waals surface area contributed by atoms with Crippen molar-refractivity contribution < 1.29 is 18.7 Å². The summed E-state index contributed by atoms with van der Waals surface area (Å²) >= 11 is 0. The SMILES string of the molecule is C/C(=C/C(=O)OCCC1CCCCN1C(=O)c1cccn1C)c1ccc(F)cc1. The zero-order valence-electron chi connectivity index (χ0n) is 16.9. The number of rotatable bonds is 6. The lowest BCUT2D eigenvalue weighted by Gasteiger charge is -2.35. The molecule has 3 rings (SSSR count). The highest BCUT2D eigenvalue weighted by Gasteiger charge is 2.28. The van der Waals surface area contributed by atoms with Crippen LogP contribution in [0.15, 0.2) is 48.7 Å². The lowest BCUT2D eigenvalue weighted by atomic mass is 9.99. The van der Waals surface area contributed by atoms with Crippen molar-refractivity contribution in [3.05, 3.63) is 65.7 Å². The van der Waals surface area contributed by atoms with E-state index in [1.165, 1.54) is 18.2 Å². The number of carbonyl (C=O) groups is 2. The number of halogens is 1. The molecule has 1 saturated heterocycles. The molecule has 0 saturated carbocycles. The van der Waals surface area contributed by atoms with Gasteiger partial charge in [0.05, 0.1) is 6.61 Å². The Hall–Kier alpha value is -2.89. The van der Waals surface area contributed by atoms with E-state index < -0.39 is 5.97 Å². The first kappa shape index (κ1) is 20.8. The van der Waals surface area contributed by atoms with Gasteiger partial charge < -0.3 is 14.2 Å². The van der Waals surface area contributed by atoms with Gasteiger partial charge in [-0.1, -0.05) is 12.1 Å². The first-order valence-electron chi connectivity index (χ1n) is 9.99.